The van der Waals surface area contributed by atoms with E-state index >= 15 is 0 Å². The van der Waals surface area contributed by atoms with E-state index in [1.165, 1.54) is 0 Å². The van der Waals surface area contributed by atoms with Crippen LogP contribution in [0.3, 0.4) is 0 Å². The number of hydrogen-bond donors (Lipinski definition) is 2. The Kier molecular flexibility index (Phi) is 7.02. The summed E-state index contributed by atoms with van der Waals surface area (Å²) >= 11 is 0. The fourth-order valence-electron chi connectivity index (χ4n) is 3.92. The number of carbonyl (C=O) groups is 2. The molecule has 30 heavy (non-hydrogen) atoms. The topological polar surface area (TPSA) is 72.2 Å². The molecule has 2 amide bonds. The predicted octanol–water partition coefficient (Wildman–Crippen LogP) is 4.18. The molecule has 0 spiro atoms. The molecule has 0 aliphatic rings. The maximum Gasteiger partial charge on any atom is 0.240 e. The van der Waals surface area contributed by atoms with E-state index in [9.17, 15) is 9.59 Å². The SMILES string of the molecule is CCCC[C@H](NC(=O)C(c1ccccc1)(c1ccccc1)c1ccccc1)C(N)=O. The van der Waals surface area contributed by atoms with Crippen LogP contribution in [0.4, 0.5) is 0 Å². The first-order valence-corrected chi connectivity index (χ1v) is 10.4. The lowest BCUT2D eigenvalue weighted by Gasteiger charge is -2.35. The molecule has 154 valence electrons. The lowest BCUT2D eigenvalue weighted by molar-refractivity contribution is -0.129. The minimum Gasteiger partial charge on any atom is -0.368 e. The van der Waals surface area contributed by atoms with Gasteiger partial charge in [0.2, 0.25) is 11.8 Å². The summed E-state index contributed by atoms with van der Waals surface area (Å²) in [5.41, 5.74) is 7.02. The molecule has 0 saturated carbocycles. The van der Waals surface area contributed by atoms with Gasteiger partial charge in [-0.05, 0) is 23.1 Å². The van der Waals surface area contributed by atoms with Gasteiger partial charge in [-0.25, -0.2) is 0 Å². The van der Waals surface area contributed by atoms with Gasteiger partial charge < -0.3 is 11.1 Å². The molecule has 0 saturated heterocycles. The van der Waals surface area contributed by atoms with Crippen molar-refractivity contribution in [3.63, 3.8) is 0 Å². The summed E-state index contributed by atoms with van der Waals surface area (Å²) in [5, 5.41) is 2.97. The van der Waals surface area contributed by atoms with Gasteiger partial charge in [0.15, 0.2) is 0 Å². The number of primary amides is 1. The quantitative estimate of drug-likeness (QED) is 0.529. The molecule has 0 bridgehead atoms. The fourth-order valence-corrected chi connectivity index (χ4v) is 3.92. The van der Waals surface area contributed by atoms with Gasteiger partial charge in [-0.15, -0.1) is 0 Å². The second-order valence-corrected chi connectivity index (χ2v) is 7.42. The van der Waals surface area contributed by atoms with Crippen molar-refractivity contribution < 1.29 is 9.59 Å². The first kappa shape index (κ1) is 21.3. The maximum atomic E-state index is 14.0. The molecular formula is C26H28N2O2. The summed E-state index contributed by atoms with van der Waals surface area (Å²) < 4.78 is 0. The summed E-state index contributed by atoms with van der Waals surface area (Å²) in [6.45, 7) is 2.04. The molecule has 0 fully saturated rings. The van der Waals surface area contributed by atoms with E-state index in [0.29, 0.717) is 6.42 Å². The monoisotopic (exact) mass is 400 g/mol. The first-order valence-electron chi connectivity index (χ1n) is 10.4. The van der Waals surface area contributed by atoms with Crippen molar-refractivity contribution in [1.29, 1.82) is 0 Å². The van der Waals surface area contributed by atoms with Crippen LogP contribution >= 0.6 is 0 Å². The third-order valence-corrected chi connectivity index (χ3v) is 5.46. The van der Waals surface area contributed by atoms with Gasteiger partial charge in [-0.1, -0.05) is 111 Å². The Morgan fingerprint density at radius 2 is 1.20 bits per heavy atom. The predicted molar refractivity (Wildman–Crippen MR) is 120 cm³/mol. The van der Waals surface area contributed by atoms with E-state index < -0.39 is 17.4 Å². The van der Waals surface area contributed by atoms with Crippen molar-refractivity contribution in [3.05, 3.63) is 108 Å². The van der Waals surface area contributed by atoms with Gasteiger partial charge in [0.05, 0.1) is 0 Å². The fraction of sp³-hybridized carbons (Fsp3) is 0.231. The van der Waals surface area contributed by atoms with Crippen molar-refractivity contribution in [1.82, 2.24) is 5.32 Å². The van der Waals surface area contributed by atoms with Crippen LogP contribution in [0.15, 0.2) is 91.0 Å². The highest BCUT2D eigenvalue weighted by atomic mass is 16.2. The maximum absolute atomic E-state index is 14.0. The Bertz CT molecular complexity index is 859. The van der Waals surface area contributed by atoms with Crippen LogP contribution in [0.25, 0.3) is 0 Å². The number of carbonyl (C=O) groups excluding carboxylic acids is 2. The van der Waals surface area contributed by atoms with Gasteiger partial charge in [-0.3, -0.25) is 9.59 Å². The van der Waals surface area contributed by atoms with Crippen LogP contribution < -0.4 is 11.1 Å². The second kappa shape index (κ2) is 9.88. The third-order valence-electron chi connectivity index (χ3n) is 5.46. The summed E-state index contributed by atoms with van der Waals surface area (Å²) in [7, 11) is 0. The molecule has 4 heteroatoms. The van der Waals surface area contributed by atoms with Crippen LogP contribution in [-0.4, -0.2) is 17.9 Å². The van der Waals surface area contributed by atoms with Crippen molar-refractivity contribution >= 4 is 11.8 Å². The average molecular weight is 401 g/mol. The van der Waals surface area contributed by atoms with Crippen molar-refractivity contribution in [3.8, 4) is 0 Å². The van der Waals surface area contributed by atoms with Gasteiger partial charge in [-0.2, -0.15) is 0 Å². The smallest absolute Gasteiger partial charge is 0.240 e. The van der Waals surface area contributed by atoms with E-state index in [2.05, 4.69) is 5.32 Å². The molecule has 3 N–H and O–H groups in total. The van der Waals surface area contributed by atoms with E-state index in [0.717, 1.165) is 29.5 Å². The Labute approximate surface area is 178 Å². The molecule has 1 atom stereocenters. The van der Waals surface area contributed by atoms with Gasteiger partial charge >= 0.3 is 0 Å². The first-order chi connectivity index (χ1) is 14.6. The molecule has 0 heterocycles. The Hall–Kier alpha value is -3.40. The van der Waals surface area contributed by atoms with Crippen molar-refractivity contribution in [2.75, 3.05) is 0 Å². The van der Waals surface area contributed by atoms with Gasteiger partial charge in [0.1, 0.15) is 11.5 Å². The molecule has 0 unspecified atom stereocenters. The van der Waals surface area contributed by atoms with Crippen LogP contribution in [-0.2, 0) is 15.0 Å². The second-order valence-electron chi connectivity index (χ2n) is 7.42. The molecule has 0 aliphatic heterocycles. The minimum absolute atomic E-state index is 0.258. The summed E-state index contributed by atoms with van der Waals surface area (Å²) in [4.78, 5) is 26.1. The van der Waals surface area contributed by atoms with Crippen molar-refractivity contribution in [2.24, 2.45) is 5.73 Å². The Balaban J connectivity index is 2.20. The normalized spacial score (nSPS) is 12.2. The Morgan fingerprint density at radius 1 is 0.800 bits per heavy atom. The molecule has 0 aliphatic carbocycles. The van der Waals surface area contributed by atoms with E-state index in [1.807, 2.05) is 97.9 Å². The van der Waals surface area contributed by atoms with Crippen LogP contribution in [0.5, 0.6) is 0 Å². The lowest BCUT2D eigenvalue weighted by atomic mass is 9.68. The molecular weight excluding hydrogens is 372 g/mol. The lowest BCUT2D eigenvalue weighted by Crippen LogP contribution is -2.53. The Morgan fingerprint density at radius 3 is 1.53 bits per heavy atom. The molecule has 3 rings (SSSR count). The van der Waals surface area contributed by atoms with Gasteiger partial charge in [0, 0.05) is 0 Å². The zero-order valence-electron chi connectivity index (χ0n) is 17.3. The third kappa shape index (κ3) is 4.28. The zero-order valence-corrected chi connectivity index (χ0v) is 17.3. The van der Waals surface area contributed by atoms with E-state index in [1.54, 1.807) is 0 Å². The summed E-state index contributed by atoms with van der Waals surface area (Å²) in [6, 6.07) is 28.3. The largest absolute Gasteiger partial charge is 0.368 e. The van der Waals surface area contributed by atoms with E-state index in [4.69, 9.17) is 5.73 Å². The van der Waals surface area contributed by atoms with Gasteiger partial charge in [0.25, 0.3) is 0 Å². The highest BCUT2D eigenvalue weighted by Gasteiger charge is 2.44. The number of benzene rings is 3. The molecule has 0 radical (unpaired) electrons. The molecule has 0 aromatic heterocycles. The standard InChI is InChI=1S/C26H28N2O2/c1-2-3-19-23(24(27)29)28-25(30)26(20-13-7-4-8-14-20,21-15-9-5-10-16-21)22-17-11-6-12-18-22/h4-18,23H,2-3,19H2,1H3,(H2,27,29)(H,28,30)/t23-/m0/s1. The zero-order chi connectivity index (χ0) is 21.4. The average Bonchev–Trinajstić information content (AvgIpc) is 2.79. The number of unbranched alkanes of at least 4 members (excludes halogenated alkanes) is 1. The highest BCUT2D eigenvalue weighted by Crippen LogP contribution is 2.39. The van der Waals surface area contributed by atoms with E-state index in [-0.39, 0.29) is 5.91 Å². The highest BCUT2D eigenvalue weighted by molar-refractivity contribution is 5.98. The molecule has 4 nitrogen and oxygen atoms in total. The van der Waals surface area contributed by atoms with Crippen molar-refractivity contribution in [2.45, 2.75) is 37.6 Å². The number of nitrogens with one attached hydrogen (secondary N) is 1. The van der Waals surface area contributed by atoms with Crippen LogP contribution in [0.1, 0.15) is 42.9 Å². The number of nitrogens with two attached hydrogens (primary N) is 1. The minimum atomic E-state index is -1.11. The molecule has 3 aromatic carbocycles. The van der Waals surface area contributed by atoms with Crippen LogP contribution in [0, 0.1) is 0 Å². The molecule has 3 aromatic rings. The number of hydrogen-bond acceptors (Lipinski definition) is 2. The van der Waals surface area contributed by atoms with Crippen LogP contribution in [0.2, 0.25) is 0 Å². The summed E-state index contributed by atoms with van der Waals surface area (Å²) in [5.74, 6) is -0.772. The number of amides is 2. The summed E-state index contributed by atoms with van der Waals surface area (Å²) in [6.07, 6.45) is 2.25. The number of rotatable bonds is 9.